The number of Topliss-reactive ketones (excluding diaryl/α,β-unsaturated/α-hetero) is 1. The first-order valence-corrected chi connectivity index (χ1v) is 10.4. The molecule has 0 saturated carbocycles. The molecule has 1 aromatic rings. The van der Waals surface area contributed by atoms with Crippen molar-refractivity contribution in [3.63, 3.8) is 0 Å². The highest BCUT2D eigenvalue weighted by molar-refractivity contribution is 6.10. The number of hydrogen-bond donors (Lipinski definition) is 5. The third-order valence-corrected chi connectivity index (χ3v) is 4.89. The molecule has 1 amide bonds. The van der Waals surface area contributed by atoms with Gasteiger partial charge in [-0.25, -0.2) is 4.79 Å². The molecule has 0 aliphatic carbocycles. The van der Waals surface area contributed by atoms with E-state index in [4.69, 9.17) is 22.9 Å². The number of amides is 1. The van der Waals surface area contributed by atoms with Gasteiger partial charge in [0.05, 0.1) is 17.8 Å². The summed E-state index contributed by atoms with van der Waals surface area (Å²) in [6, 6.07) is 3.53. The second kappa shape index (κ2) is 13.1. The van der Waals surface area contributed by atoms with Crippen molar-refractivity contribution in [1.82, 2.24) is 0 Å². The molecule has 1 aromatic carbocycles. The van der Waals surface area contributed by atoms with Crippen molar-refractivity contribution in [2.75, 3.05) is 18.0 Å². The molecule has 30 heavy (non-hydrogen) atoms. The van der Waals surface area contributed by atoms with Crippen molar-refractivity contribution in [1.29, 1.82) is 0 Å². The number of carbonyl (C=O) groups excluding carboxylic acids is 2. The van der Waals surface area contributed by atoms with E-state index >= 15 is 0 Å². The van der Waals surface area contributed by atoms with Gasteiger partial charge in [-0.15, -0.1) is 0 Å². The van der Waals surface area contributed by atoms with E-state index in [1.54, 1.807) is 24.3 Å². The maximum atomic E-state index is 13.0. The third-order valence-electron chi connectivity index (χ3n) is 4.89. The molecular weight excluding hydrogens is 386 g/mol. The number of para-hydroxylation sites is 1. The number of nitrogens with two attached hydrogens (primary N) is 4. The van der Waals surface area contributed by atoms with Crippen molar-refractivity contribution in [3.05, 3.63) is 29.8 Å². The van der Waals surface area contributed by atoms with Gasteiger partial charge in [0.1, 0.15) is 6.04 Å². The van der Waals surface area contributed by atoms with Crippen LogP contribution in [0.3, 0.4) is 0 Å². The molecule has 0 spiro atoms. The van der Waals surface area contributed by atoms with Crippen molar-refractivity contribution in [2.45, 2.75) is 63.6 Å². The number of ketones is 1. The Bertz CT molecular complexity index is 710. The lowest BCUT2D eigenvalue weighted by molar-refractivity contribution is -0.140. The van der Waals surface area contributed by atoms with Gasteiger partial charge in [0, 0.05) is 5.56 Å². The van der Waals surface area contributed by atoms with E-state index in [0.717, 1.165) is 11.3 Å². The van der Waals surface area contributed by atoms with Crippen LogP contribution in [0.25, 0.3) is 0 Å². The van der Waals surface area contributed by atoms with Crippen LogP contribution in [0.4, 0.5) is 5.69 Å². The first-order valence-electron chi connectivity index (χ1n) is 10.4. The zero-order chi connectivity index (χ0) is 22.7. The van der Waals surface area contributed by atoms with Crippen LogP contribution in [0.5, 0.6) is 0 Å². The molecule has 9 N–H and O–H groups in total. The summed E-state index contributed by atoms with van der Waals surface area (Å²) in [5.74, 6) is -2.10. The standard InChI is InChI=1S/C21H35N5O4/c1-14(24)20(28)26(18(21(29)30)11-5-7-13-23)17-10-3-2-8-15(17)19(27)16(25)9-4-6-12-22/h2-3,8,10,14,16,18H,4-7,9,11-13,22-25H2,1H3,(H,29,30). The van der Waals surface area contributed by atoms with E-state index in [9.17, 15) is 19.5 Å². The number of aliphatic carboxylic acids is 1. The Hall–Kier alpha value is -2.33. The lowest BCUT2D eigenvalue weighted by Crippen LogP contribution is -2.51. The predicted octanol–water partition coefficient (Wildman–Crippen LogP) is 0.588. The number of hydrogen-bond acceptors (Lipinski definition) is 7. The fourth-order valence-electron chi connectivity index (χ4n) is 3.24. The summed E-state index contributed by atoms with van der Waals surface area (Å²) >= 11 is 0. The topological polar surface area (TPSA) is 179 Å². The highest BCUT2D eigenvalue weighted by Crippen LogP contribution is 2.27. The van der Waals surface area contributed by atoms with Crippen molar-refractivity contribution in [2.24, 2.45) is 22.9 Å². The molecule has 1 rings (SSSR count). The monoisotopic (exact) mass is 421 g/mol. The quantitative estimate of drug-likeness (QED) is 0.214. The second-order valence-corrected chi connectivity index (χ2v) is 7.41. The largest absolute Gasteiger partial charge is 0.480 e. The molecule has 3 atom stereocenters. The fraction of sp³-hybridized carbons (Fsp3) is 0.571. The predicted molar refractivity (Wildman–Crippen MR) is 117 cm³/mol. The number of carboxylic acid groups (broad SMARTS) is 1. The van der Waals surface area contributed by atoms with E-state index in [1.165, 1.54) is 6.92 Å². The first kappa shape index (κ1) is 25.7. The smallest absolute Gasteiger partial charge is 0.326 e. The summed E-state index contributed by atoms with van der Waals surface area (Å²) in [6.45, 7) is 2.41. The van der Waals surface area contributed by atoms with Crippen LogP contribution in [0.2, 0.25) is 0 Å². The van der Waals surface area contributed by atoms with Crippen molar-refractivity contribution >= 4 is 23.3 Å². The molecule has 0 aliphatic rings. The Morgan fingerprint density at radius 3 is 2.07 bits per heavy atom. The number of rotatable bonds is 14. The fourth-order valence-corrected chi connectivity index (χ4v) is 3.24. The highest BCUT2D eigenvalue weighted by atomic mass is 16.4. The van der Waals surface area contributed by atoms with Gasteiger partial charge < -0.3 is 28.0 Å². The minimum Gasteiger partial charge on any atom is -0.480 e. The van der Waals surface area contributed by atoms with Crippen LogP contribution in [0.15, 0.2) is 24.3 Å². The molecule has 9 nitrogen and oxygen atoms in total. The molecule has 0 bridgehead atoms. The average Bonchev–Trinajstić information content (AvgIpc) is 2.72. The summed E-state index contributed by atoms with van der Waals surface area (Å²) < 4.78 is 0. The van der Waals surface area contributed by atoms with Crippen molar-refractivity contribution < 1.29 is 19.5 Å². The van der Waals surface area contributed by atoms with Gasteiger partial charge >= 0.3 is 5.97 Å². The van der Waals surface area contributed by atoms with Gasteiger partial charge in [-0.05, 0) is 64.3 Å². The molecule has 0 heterocycles. The number of anilines is 1. The summed E-state index contributed by atoms with van der Waals surface area (Å²) in [5.41, 5.74) is 23.3. The molecule has 0 aromatic heterocycles. The Balaban J connectivity index is 3.35. The molecule has 9 heteroatoms. The van der Waals surface area contributed by atoms with Gasteiger partial charge in [0.15, 0.2) is 5.78 Å². The Labute approximate surface area is 177 Å². The molecular formula is C21H35N5O4. The van der Waals surface area contributed by atoms with Gasteiger partial charge in [0.25, 0.3) is 0 Å². The number of carboxylic acids is 1. The number of nitrogens with zero attached hydrogens (tertiary/aromatic N) is 1. The zero-order valence-corrected chi connectivity index (χ0v) is 17.6. The summed E-state index contributed by atoms with van der Waals surface area (Å²) in [4.78, 5) is 39.1. The van der Waals surface area contributed by atoms with Crippen molar-refractivity contribution in [3.8, 4) is 0 Å². The summed E-state index contributed by atoms with van der Waals surface area (Å²) in [7, 11) is 0. The van der Waals surface area contributed by atoms with Crippen LogP contribution < -0.4 is 27.8 Å². The first-order chi connectivity index (χ1) is 14.3. The van der Waals surface area contributed by atoms with E-state index in [2.05, 4.69) is 0 Å². The lowest BCUT2D eigenvalue weighted by atomic mass is 9.96. The van der Waals surface area contributed by atoms with Gasteiger partial charge in [-0.2, -0.15) is 0 Å². The minimum atomic E-state index is -1.17. The van der Waals surface area contributed by atoms with Crippen LogP contribution in [-0.4, -0.2) is 54.0 Å². The van der Waals surface area contributed by atoms with E-state index in [1.807, 2.05) is 0 Å². The Morgan fingerprint density at radius 2 is 1.53 bits per heavy atom. The van der Waals surface area contributed by atoms with Crippen LogP contribution >= 0.6 is 0 Å². The molecule has 0 saturated heterocycles. The number of benzene rings is 1. The SMILES string of the molecule is CC(N)C(=O)N(c1ccccc1C(=O)C(N)CCCCN)C(CCCCN)C(=O)O. The molecule has 0 radical (unpaired) electrons. The third kappa shape index (κ3) is 7.17. The maximum absolute atomic E-state index is 13.0. The Morgan fingerprint density at radius 1 is 0.967 bits per heavy atom. The molecule has 3 unspecified atom stereocenters. The molecule has 0 fully saturated rings. The highest BCUT2D eigenvalue weighted by Gasteiger charge is 2.34. The summed E-state index contributed by atoms with van der Waals surface area (Å²) in [5, 5.41) is 9.83. The minimum absolute atomic E-state index is 0.191. The molecule has 168 valence electrons. The lowest BCUT2D eigenvalue weighted by Gasteiger charge is -2.32. The second-order valence-electron chi connectivity index (χ2n) is 7.41. The number of unbranched alkanes of at least 4 members (excludes halogenated alkanes) is 2. The van der Waals surface area contributed by atoms with E-state index < -0.39 is 30.0 Å². The normalized spacial score (nSPS) is 14.0. The van der Waals surface area contributed by atoms with Crippen LogP contribution in [-0.2, 0) is 9.59 Å². The van der Waals surface area contributed by atoms with E-state index in [0.29, 0.717) is 38.8 Å². The summed E-state index contributed by atoms with van der Waals surface area (Å²) in [6.07, 6.45) is 3.23. The zero-order valence-electron chi connectivity index (χ0n) is 17.6. The number of carbonyl (C=O) groups is 3. The van der Waals surface area contributed by atoms with Gasteiger partial charge in [-0.3, -0.25) is 14.5 Å². The van der Waals surface area contributed by atoms with Crippen LogP contribution in [0.1, 0.15) is 55.8 Å². The van der Waals surface area contributed by atoms with Gasteiger partial charge in [-0.1, -0.05) is 18.6 Å². The maximum Gasteiger partial charge on any atom is 0.326 e. The molecule has 0 aliphatic heterocycles. The Kier molecular flexibility index (Phi) is 11.2. The van der Waals surface area contributed by atoms with E-state index in [-0.39, 0.29) is 23.5 Å². The van der Waals surface area contributed by atoms with Crippen LogP contribution in [0, 0.1) is 0 Å². The average molecular weight is 422 g/mol. The van der Waals surface area contributed by atoms with Gasteiger partial charge in [0.2, 0.25) is 5.91 Å².